The summed E-state index contributed by atoms with van der Waals surface area (Å²) in [7, 11) is 0. The smallest absolute Gasteiger partial charge is 0.305 e. The van der Waals surface area contributed by atoms with E-state index in [1.165, 1.54) is 0 Å². The Morgan fingerprint density at radius 3 is 1.70 bits per heavy atom. The van der Waals surface area contributed by atoms with Crippen molar-refractivity contribution in [3.8, 4) is 28.0 Å². The minimum Gasteiger partial charge on any atom is -0.484 e. The molecule has 2 bridgehead atoms. The topological polar surface area (TPSA) is 205 Å². The van der Waals surface area contributed by atoms with Gasteiger partial charge < -0.3 is 36.4 Å². The predicted octanol–water partition coefficient (Wildman–Crippen LogP) is 5.00. The highest BCUT2D eigenvalue weighted by Gasteiger charge is 2.32. The van der Waals surface area contributed by atoms with E-state index in [1.54, 1.807) is 36.7 Å². The summed E-state index contributed by atoms with van der Waals surface area (Å²) in [6.07, 6.45) is 3.68. The second kappa shape index (κ2) is 23.2. The average Bonchev–Trinajstić information content (AvgIpc) is 3.35. The van der Waals surface area contributed by atoms with Gasteiger partial charge in [0.2, 0.25) is 23.6 Å². The van der Waals surface area contributed by atoms with Crippen molar-refractivity contribution >= 4 is 35.5 Å². The van der Waals surface area contributed by atoms with Crippen LogP contribution in [0.3, 0.4) is 0 Å². The number of aryl methyl sites for hydroxylation is 1. The van der Waals surface area contributed by atoms with E-state index >= 15 is 0 Å². The van der Waals surface area contributed by atoms with E-state index in [9.17, 15) is 33.9 Å². The van der Waals surface area contributed by atoms with Gasteiger partial charge in [0.15, 0.2) is 6.61 Å². The first-order valence-corrected chi connectivity index (χ1v) is 22.2. The van der Waals surface area contributed by atoms with Crippen LogP contribution in [0, 0.1) is 0 Å². The first kappa shape index (κ1) is 46.9. The molecule has 0 unspecified atom stereocenters. The highest BCUT2D eigenvalue weighted by atomic mass is 16.5. The zero-order valence-corrected chi connectivity index (χ0v) is 36.7. The van der Waals surface area contributed by atoms with Crippen LogP contribution in [0.25, 0.3) is 22.3 Å². The molecule has 2 aliphatic rings. The molecule has 14 heteroatoms. The number of carboxylic acid groups (broad SMARTS) is 1. The molecule has 67 heavy (non-hydrogen) atoms. The number of hydrogen-bond acceptors (Lipinski definition) is 8. The molecule has 342 valence electrons. The minimum absolute atomic E-state index is 0.00758. The number of benzene rings is 5. The Morgan fingerprint density at radius 1 is 0.582 bits per heavy atom. The average molecular weight is 901 g/mol. The summed E-state index contributed by atoms with van der Waals surface area (Å²) in [5.41, 5.74) is 6.83. The number of hydrogen-bond donors (Lipinski definition) is 6. The zero-order chi connectivity index (χ0) is 47.0. The second-order valence-corrected chi connectivity index (χ2v) is 16.3. The minimum atomic E-state index is -1.24. The third-order valence-corrected chi connectivity index (χ3v) is 11.4. The Bertz CT molecular complexity index is 2610. The molecule has 5 aromatic carbocycles. The monoisotopic (exact) mass is 900 g/mol. The summed E-state index contributed by atoms with van der Waals surface area (Å²) in [6, 6.07) is 40.0. The lowest BCUT2D eigenvalue weighted by Gasteiger charge is -2.27. The molecule has 0 radical (unpaired) electrons. The molecule has 0 fully saturated rings. The molecular weight excluding hydrogens is 849 g/mol. The normalized spacial score (nSPS) is 18.1. The number of rotatable bonds is 13. The fourth-order valence-electron chi connectivity index (χ4n) is 7.74. The lowest BCUT2D eigenvalue weighted by Crippen LogP contribution is -2.59. The number of pyridine rings is 1. The maximum Gasteiger partial charge on any atom is 0.305 e. The molecule has 0 saturated carbocycles. The molecule has 3 heterocycles. The SMILES string of the molecule is O=C(O)CCNC(=O)[C@@H]1Cc2ccc(cc2)OCC(=O)N[C@@H](Cc2ccc(-c3ccncc3)cc2)C(=O)N[C@H](Cc2ccc(-c3ccccc3)cc2)C(=O)N[C@@H](CCc2ccccc2)C(=O)N1. The molecule has 0 saturated heterocycles. The standard InChI is InChI=1S/C53H52N6O8/c60-48-34-67-43-22-15-38(16-23-43)31-45(50(63)55-30-27-49(61)62)58-51(64)44(24-17-35-7-3-1-4-8-35)57-53(66)47(33-37-11-18-40(19-12-37)39-9-5-2-6-10-39)59-52(65)46(56-48)32-36-13-20-41(21-14-36)42-25-28-54-29-26-42/h1-16,18-23,25-26,28-29,44-47H,17,24,27,30-34H2,(H,55,63)(H,56,60)(H,57,66)(H,58,64)(H,59,65)(H,61,62)/t44-,45-,46-,47+/m0/s1. The highest BCUT2D eigenvalue weighted by molar-refractivity contribution is 5.96. The summed E-state index contributed by atoms with van der Waals surface area (Å²) >= 11 is 0. The maximum absolute atomic E-state index is 14.7. The van der Waals surface area contributed by atoms with Gasteiger partial charge in [0, 0.05) is 38.2 Å². The molecule has 4 atom stereocenters. The number of nitrogens with zero attached hydrogens (tertiary/aromatic N) is 1. The summed E-state index contributed by atoms with van der Waals surface area (Å²) < 4.78 is 5.82. The van der Waals surface area contributed by atoms with Crippen LogP contribution in [0.4, 0.5) is 0 Å². The van der Waals surface area contributed by atoms with Crippen LogP contribution in [0.2, 0.25) is 0 Å². The Labute approximate surface area is 388 Å². The van der Waals surface area contributed by atoms with E-state index in [1.807, 2.05) is 121 Å². The van der Waals surface area contributed by atoms with Crippen LogP contribution in [0.15, 0.2) is 158 Å². The molecule has 0 aliphatic carbocycles. The number of nitrogens with one attached hydrogen (secondary N) is 5. The van der Waals surface area contributed by atoms with Crippen molar-refractivity contribution in [2.24, 2.45) is 0 Å². The third kappa shape index (κ3) is 13.9. The van der Waals surface area contributed by atoms with Crippen LogP contribution in [-0.4, -0.2) is 82.9 Å². The number of carboxylic acids is 1. The second-order valence-electron chi connectivity index (χ2n) is 16.3. The van der Waals surface area contributed by atoms with Gasteiger partial charge >= 0.3 is 5.97 Å². The number of aromatic nitrogens is 1. The molecule has 5 amide bonds. The largest absolute Gasteiger partial charge is 0.484 e. The highest BCUT2D eigenvalue weighted by Crippen LogP contribution is 2.22. The molecule has 2 aliphatic heterocycles. The van der Waals surface area contributed by atoms with E-state index in [2.05, 4.69) is 31.6 Å². The molecule has 8 rings (SSSR count). The number of amides is 5. The number of aliphatic carboxylic acids is 1. The van der Waals surface area contributed by atoms with Crippen LogP contribution in [-0.2, 0) is 54.5 Å². The number of carbonyl (C=O) groups excluding carboxylic acids is 5. The zero-order valence-electron chi connectivity index (χ0n) is 36.7. The van der Waals surface area contributed by atoms with E-state index in [4.69, 9.17) is 4.74 Å². The third-order valence-electron chi connectivity index (χ3n) is 11.4. The number of fused-ring (bicyclic) bond motifs is 16. The quantitative estimate of drug-likeness (QED) is 0.0863. The van der Waals surface area contributed by atoms with Gasteiger partial charge in [-0.1, -0.05) is 121 Å². The van der Waals surface area contributed by atoms with Gasteiger partial charge in [-0.05, 0) is 81.6 Å². The van der Waals surface area contributed by atoms with Gasteiger partial charge in [-0.3, -0.25) is 33.8 Å². The Balaban J connectivity index is 1.22. The molecule has 6 N–H and O–H groups in total. The van der Waals surface area contributed by atoms with Gasteiger partial charge in [-0.25, -0.2) is 0 Å². The fraction of sp³-hybridized carbons (Fsp3) is 0.226. The van der Waals surface area contributed by atoms with Crippen LogP contribution in [0.1, 0.15) is 35.1 Å². The van der Waals surface area contributed by atoms with Gasteiger partial charge in [-0.15, -0.1) is 0 Å². The summed E-state index contributed by atoms with van der Waals surface area (Å²) in [5, 5.41) is 23.3. The summed E-state index contributed by atoms with van der Waals surface area (Å²) in [6.45, 7) is -0.606. The van der Waals surface area contributed by atoms with Crippen molar-refractivity contribution in [3.05, 3.63) is 180 Å². The van der Waals surface area contributed by atoms with E-state index in [0.717, 1.165) is 33.4 Å². The predicted molar refractivity (Wildman–Crippen MR) is 252 cm³/mol. The van der Waals surface area contributed by atoms with E-state index in [0.29, 0.717) is 23.3 Å². The molecule has 1 aromatic heterocycles. The van der Waals surface area contributed by atoms with Crippen molar-refractivity contribution in [2.45, 2.75) is 62.7 Å². The first-order valence-electron chi connectivity index (χ1n) is 22.2. The lowest BCUT2D eigenvalue weighted by atomic mass is 9.98. The van der Waals surface area contributed by atoms with Gasteiger partial charge in [0.05, 0.1) is 6.42 Å². The van der Waals surface area contributed by atoms with Crippen molar-refractivity contribution in [1.29, 1.82) is 0 Å². The van der Waals surface area contributed by atoms with Crippen LogP contribution >= 0.6 is 0 Å². The maximum atomic E-state index is 14.7. The van der Waals surface area contributed by atoms with Gasteiger partial charge in [0.25, 0.3) is 5.91 Å². The Morgan fingerprint density at radius 2 is 1.10 bits per heavy atom. The van der Waals surface area contributed by atoms with Gasteiger partial charge in [0.1, 0.15) is 29.9 Å². The van der Waals surface area contributed by atoms with E-state index in [-0.39, 0.29) is 38.6 Å². The Hall–Kier alpha value is -8.13. The lowest BCUT2D eigenvalue weighted by molar-refractivity contribution is -0.137. The number of ether oxygens (including phenoxy) is 1. The Kier molecular flexibility index (Phi) is 16.2. The summed E-state index contributed by atoms with van der Waals surface area (Å²) in [4.78, 5) is 86.2. The van der Waals surface area contributed by atoms with Crippen molar-refractivity contribution in [2.75, 3.05) is 13.2 Å². The van der Waals surface area contributed by atoms with Crippen LogP contribution in [0.5, 0.6) is 5.75 Å². The van der Waals surface area contributed by atoms with Crippen molar-refractivity contribution < 1.29 is 38.6 Å². The first-order chi connectivity index (χ1) is 32.6. The number of carbonyl (C=O) groups is 6. The van der Waals surface area contributed by atoms with Gasteiger partial charge in [-0.2, -0.15) is 0 Å². The van der Waals surface area contributed by atoms with Crippen molar-refractivity contribution in [3.63, 3.8) is 0 Å². The summed E-state index contributed by atoms with van der Waals surface area (Å²) in [5.74, 6) is -3.93. The molecule has 6 aromatic rings. The van der Waals surface area contributed by atoms with E-state index < -0.39 is 66.3 Å². The molecule has 14 nitrogen and oxygen atoms in total. The van der Waals surface area contributed by atoms with Crippen molar-refractivity contribution in [1.82, 2.24) is 31.6 Å². The molecular formula is C53H52N6O8. The molecule has 0 spiro atoms. The fourth-order valence-corrected chi connectivity index (χ4v) is 7.74. The van der Waals surface area contributed by atoms with Crippen LogP contribution < -0.4 is 31.3 Å².